The summed E-state index contributed by atoms with van der Waals surface area (Å²) < 4.78 is 31.0. The van der Waals surface area contributed by atoms with Crippen molar-refractivity contribution in [3.05, 3.63) is 35.9 Å². The van der Waals surface area contributed by atoms with Gasteiger partial charge in [0.25, 0.3) is 10.1 Å². The normalized spacial score (nSPS) is 21.4. The molecule has 0 unspecified atom stereocenters. The minimum absolute atomic E-state index is 0.00130. The average molecular weight is 329 g/mol. The van der Waals surface area contributed by atoms with E-state index >= 15 is 0 Å². The van der Waals surface area contributed by atoms with Gasteiger partial charge < -0.3 is 10.1 Å². The number of rotatable bonds is 3. The molecule has 1 heterocycles. The van der Waals surface area contributed by atoms with Crippen molar-refractivity contribution in [2.24, 2.45) is 5.92 Å². The largest absolute Gasteiger partial charge is 0.466 e. The first kappa shape index (κ1) is 18.6. The summed E-state index contributed by atoms with van der Waals surface area (Å²) in [5.41, 5.74) is 1.22. The first-order chi connectivity index (χ1) is 10.3. The first-order valence-corrected chi connectivity index (χ1v) is 9.02. The van der Waals surface area contributed by atoms with Gasteiger partial charge in [-0.05, 0) is 25.5 Å². The molecule has 0 bridgehead atoms. The van der Waals surface area contributed by atoms with Gasteiger partial charge in [-0.2, -0.15) is 8.42 Å². The summed E-state index contributed by atoms with van der Waals surface area (Å²) in [6.45, 7) is 4.07. The van der Waals surface area contributed by atoms with Crippen LogP contribution in [0.4, 0.5) is 0 Å². The van der Waals surface area contributed by atoms with E-state index in [0.717, 1.165) is 19.5 Å². The van der Waals surface area contributed by atoms with E-state index in [1.165, 1.54) is 5.56 Å². The highest BCUT2D eigenvalue weighted by Crippen LogP contribution is 2.30. The Hall–Kier alpha value is -1.44. The fourth-order valence-electron chi connectivity index (χ4n) is 2.44. The number of esters is 1. The van der Waals surface area contributed by atoms with E-state index < -0.39 is 10.1 Å². The highest BCUT2D eigenvalue weighted by atomic mass is 32.2. The Morgan fingerprint density at radius 3 is 2.50 bits per heavy atom. The molecule has 2 rings (SSSR count). The Morgan fingerprint density at radius 1 is 1.36 bits per heavy atom. The number of hydrogen-bond donors (Lipinski definition) is 2. The number of hydrogen-bond acceptors (Lipinski definition) is 5. The molecule has 1 saturated heterocycles. The van der Waals surface area contributed by atoms with Crippen molar-refractivity contribution >= 4 is 16.1 Å². The molecule has 22 heavy (non-hydrogen) atoms. The lowest BCUT2D eigenvalue weighted by atomic mass is 9.81. The SMILES string of the molecule is CCOC(=O)[C@@H]1CCNC[C@H]1c1ccccc1.CS(=O)(=O)O. The van der Waals surface area contributed by atoms with E-state index in [4.69, 9.17) is 9.29 Å². The Labute approximate surface area is 131 Å². The standard InChI is InChI=1S/C14H19NO2.CH4O3S/c1-2-17-14(16)12-8-9-15-10-13(12)11-6-4-3-5-7-11;1-5(2,3)4/h3-7,12-13,15H,2,8-10H2,1H3;1H3,(H,2,3,4)/t12-,13+;/m1./s1. The summed E-state index contributed by atoms with van der Waals surface area (Å²) in [6.07, 6.45) is 1.57. The summed E-state index contributed by atoms with van der Waals surface area (Å²) >= 11 is 0. The lowest BCUT2D eigenvalue weighted by Gasteiger charge is -2.30. The van der Waals surface area contributed by atoms with Crippen LogP contribution in [-0.4, -0.2) is 44.9 Å². The molecule has 0 aliphatic carbocycles. The maximum absolute atomic E-state index is 11.9. The molecule has 1 aromatic carbocycles. The van der Waals surface area contributed by atoms with Crippen molar-refractivity contribution in [1.29, 1.82) is 0 Å². The molecule has 0 saturated carbocycles. The van der Waals surface area contributed by atoms with Gasteiger partial charge in [0.15, 0.2) is 0 Å². The van der Waals surface area contributed by atoms with Gasteiger partial charge in [0, 0.05) is 12.5 Å². The predicted octanol–water partition coefficient (Wildman–Crippen LogP) is 1.45. The van der Waals surface area contributed by atoms with Gasteiger partial charge in [0.1, 0.15) is 0 Å². The third kappa shape index (κ3) is 7.02. The summed E-state index contributed by atoms with van der Waals surface area (Å²) in [5, 5.41) is 3.35. The Bertz CT molecular complexity index is 551. The molecule has 1 fully saturated rings. The van der Waals surface area contributed by atoms with Crippen LogP contribution >= 0.6 is 0 Å². The van der Waals surface area contributed by atoms with Crippen molar-refractivity contribution in [1.82, 2.24) is 5.32 Å². The van der Waals surface area contributed by atoms with E-state index in [9.17, 15) is 13.2 Å². The molecule has 0 spiro atoms. The second-order valence-corrected chi connectivity index (χ2v) is 6.57. The summed E-state index contributed by atoms with van der Waals surface area (Å²) in [5.74, 6) is 0.186. The Kier molecular flexibility index (Phi) is 7.50. The molecule has 0 aromatic heterocycles. The van der Waals surface area contributed by atoms with Gasteiger partial charge in [0.05, 0.1) is 18.8 Å². The molecule has 6 nitrogen and oxygen atoms in total. The number of carbonyl (C=O) groups excluding carboxylic acids is 1. The van der Waals surface area contributed by atoms with Crippen LogP contribution in [0.15, 0.2) is 30.3 Å². The van der Waals surface area contributed by atoms with Gasteiger partial charge in [-0.25, -0.2) is 0 Å². The first-order valence-electron chi connectivity index (χ1n) is 7.17. The van der Waals surface area contributed by atoms with Crippen LogP contribution in [0.5, 0.6) is 0 Å². The third-order valence-electron chi connectivity index (χ3n) is 3.30. The maximum Gasteiger partial charge on any atom is 0.309 e. The third-order valence-corrected chi connectivity index (χ3v) is 3.30. The minimum atomic E-state index is -3.67. The van der Waals surface area contributed by atoms with E-state index in [1.54, 1.807) is 0 Å². The predicted molar refractivity (Wildman–Crippen MR) is 84.3 cm³/mol. The maximum atomic E-state index is 11.9. The van der Waals surface area contributed by atoms with Crippen LogP contribution in [-0.2, 0) is 19.6 Å². The van der Waals surface area contributed by atoms with E-state index in [1.807, 2.05) is 25.1 Å². The van der Waals surface area contributed by atoms with Crippen LogP contribution in [0, 0.1) is 5.92 Å². The molecule has 124 valence electrons. The lowest BCUT2D eigenvalue weighted by Crippen LogP contribution is -2.39. The lowest BCUT2D eigenvalue weighted by molar-refractivity contribution is -0.149. The fraction of sp³-hybridized carbons (Fsp3) is 0.533. The smallest absolute Gasteiger partial charge is 0.309 e. The number of nitrogens with one attached hydrogen (secondary N) is 1. The molecular weight excluding hydrogens is 306 g/mol. The van der Waals surface area contributed by atoms with Crippen molar-refractivity contribution in [2.45, 2.75) is 19.3 Å². The molecule has 7 heteroatoms. The highest BCUT2D eigenvalue weighted by Gasteiger charge is 2.32. The summed E-state index contributed by atoms with van der Waals surface area (Å²) in [4.78, 5) is 11.9. The molecule has 0 amide bonds. The zero-order chi connectivity index (χ0) is 16.6. The van der Waals surface area contributed by atoms with Gasteiger partial charge in [0.2, 0.25) is 0 Å². The zero-order valence-corrected chi connectivity index (χ0v) is 13.7. The zero-order valence-electron chi connectivity index (χ0n) is 12.9. The van der Waals surface area contributed by atoms with Crippen LogP contribution in [0.1, 0.15) is 24.8 Å². The quantitative estimate of drug-likeness (QED) is 0.644. The number of ether oxygens (including phenoxy) is 1. The van der Waals surface area contributed by atoms with Crippen molar-refractivity contribution < 1.29 is 22.5 Å². The summed E-state index contributed by atoms with van der Waals surface area (Å²) in [6, 6.07) is 10.2. The molecule has 0 radical (unpaired) electrons. The Balaban J connectivity index is 0.000000422. The van der Waals surface area contributed by atoms with Crippen LogP contribution in [0.3, 0.4) is 0 Å². The minimum Gasteiger partial charge on any atom is -0.466 e. The highest BCUT2D eigenvalue weighted by molar-refractivity contribution is 7.85. The van der Waals surface area contributed by atoms with Crippen molar-refractivity contribution in [2.75, 3.05) is 26.0 Å². The molecule has 1 aliphatic heterocycles. The van der Waals surface area contributed by atoms with Gasteiger partial charge in [-0.3, -0.25) is 9.35 Å². The van der Waals surface area contributed by atoms with Gasteiger partial charge in [-0.1, -0.05) is 30.3 Å². The summed E-state index contributed by atoms with van der Waals surface area (Å²) in [7, 11) is -3.67. The molecule has 1 aromatic rings. The average Bonchev–Trinajstić information content (AvgIpc) is 2.47. The molecule has 2 atom stereocenters. The number of carbonyl (C=O) groups is 1. The number of piperidine rings is 1. The van der Waals surface area contributed by atoms with Crippen LogP contribution in [0.25, 0.3) is 0 Å². The van der Waals surface area contributed by atoms with Gasteiger partial charge >= 0.3 is 5.97 Å². The van der Waals surface area contributed by atoms with E-state index in [-0.39, 0.29) is 17.8 Å². The van der Waals surface area contributed by atoms with Crippen LogP contribution in [0.2, 0.25) is 0 Å². The van der Waals surface area contributed by atoms with Crippen molar-refractivity contribution in [3.8, 4) is 0 Å². The second kappa shape index (κ2) is 8.87. The fourth-order valence-corrected chi connectivity index (χ4v) is 2.44. The van der Waals surface area contributed by atoms with Crippen LogP contribution < -0.4 is 5.32 Å². The topological polar surface area (TPSA) is 92.7 Å². The Morgan fingerprint density at radius 2 is 1.95 bits per heavy atom. The second-order valence-electron chi connectivity index (χ2n) is 5.10. The van der Waals surface area contributed by atoms with E-state index in [2.05, 4.69) is 17.4 Å². The molecule has 2 N–H and O–H groups in total. The van der Waals surface area contributed by atoms with Gasteiger partial charge in [-0.15, -0.1) is 0 Å². The van der Waals surface area contributed by atoms with Crippen molar-refractivity contribution in [3.63, 3.8) is 0 Å². The monoisotopic (exact) mass is 329 g/mol. The molecular formula is C15H23NO5S. The molecule has 1 aliphatic rings. The number of benzene rings is 1. The van der Waals surface area contributed by atoms with E-state index in [0.29, 0.717) is 12.9 Å².